The van der Waals surface area contributed by atoms with Gasteiger partial charge in [-0.15, -0.1) is 0 Å². The van der Waals surface area contributed by atoms with Crippen LogP contribution in [0, 0.1) is 0 Å². The zero-order valence-corrected chi connectivity index (χ0v) is 18.8. The lowest BCUT2D eigenvalue weighted by Gasteiger charge is -2.28. The summed E-state index contributed by atoms with van der Waals surface area (Å²) in [5.74, 6) is 0.771. The normalized spacial score (nSPS) is 13.3. The van der Waals surface area contributed by atoms with Crippen molar-refractivity contribution in [2.45, 2.75) is 12.5 Å². The van der Waals surface area contributed by atoms with Gasteiger partial charge >= 0.3 is 0 Å². The molecular formula is C27H25N3O4. The number of ether oxygens (including phenoxy) is 2. The van der Waals surface area contributed by atoms with E-state index in [1.165, 1.54) is 4.90 Å². The molecule has 1 aromatic heterocycles. The topological polar surface area (TPSA) is 83.7 Å². The van der Waals surface area contributed by atoms with Gasteiger partial charge in [-0.3, -0.25) is 9.59 Å². The number of aromatic nitrogens is 1. The Labute approximate surface area is 197 Å². The number of para-hydroxylation sites is 1. The van der Waals surface area contributed by atoms with E-state index in [2.05, 4.69) is 10.3 Å². The van der Waals surface area contributed by atoms with Gasteiger partial charge < -0.3 is 24.7 Å². The average Bonchev–Trinajstić information content (AvgIpc) is 3.27. The number of hydrogen-bond donors (Lipinski definition) is 2. The molecule has 0 fully saturated rings. The molecule has 7 heteroatoms. The SMILES string of the molecule is CN(C(=O)Cc1c[nH]c2ccccc12)C(C(=O)Nc1ccc2c(c1)OCCO2)c1ccccc1. The highest BCUT2D eigenvalue weighted by molar-refractivity contribution is 5.98. The summed E-state index contributed by atoms with van der Waals surface area (Å²) in [5, 5.41) is 3.94. The van der Waals surface area contributed by atoms with Crippen LogP contribution in [0.3, 0.4) is 0 Å². The number of anilines is 1. The molecule has 0 saturated heterocycles. The van der Waals surface area contributed by atoms with Gasteiger partial charge in [-0.2, -0.15) is 0 Å². The van der Waals surface area contributed by atoms with Crippen molar-refractivity contribution in [3.05, 3.63) is 90.1 Å². The molecule has 0 bridgehead atoms. The minimum absolute atomic E-state index is 0.157. The van der Waals surface area contributed by atoms with Crippen molar-refractivity contribution in [1.29, 1.82) is 0 Å². The average molecular weight is 456 g/mol. The first kappa shape index (κ1) is 21.6. The molecule has 3 aromatic carbocycles. The molecule has 7 nitrogen and oxygen atoms in total. The fourth-order valence-corrected chi connectivity index (χ4v) is 4.23. The van der Waals surface area contributed by atoms with E-state index in [0.717, 1.165) is 22.0 Å². The molecule has 1 aliphatic rings. The fraction of sp³-hybridized carbons (Fsp3) is 0.185. The fourth-order valence-electron chi connectivity index (χ4n) is 4.23. The van der Waals surface area contributed by atoms with Crippen molar-refractivity contribution >= 4 is 28.4 Å². The number of carbonyl (C=O) groups is 2. The van der Waals surface area contributed by atoms with Crippen molar-refractivity contribution in [3.8, 4) is 11.5 Å². The van der Waals surface area contributed by atoms with Crippen molar-refractivity contribution < 1.29 is 19.1 Å². The summed E-state index contributed by atoms with van der Waals surface area (Å²) in [6.07, 6.45) is 2.03. The maximum atomic E-state index is 13.5. The molecule has 0 spiro atoms. The van der Waals surface area contributed by atoms with Crippen LogP contribution < -0.4 is 14.8 Å². The van der Waals surface area contributed by atoms with E-state index < -0.39 is 6.04 Å². The third kappa shape index (κ3) is 4.32. The van der Waals surface area contributed by atoms with Gasteiger partial charge in [0, 0.05) is 35.9 Å². The molecule has 172 valence electrons. The van der Waals surface area contributed by atoms with Gasteiger partial charge in [0.25, 0.3) is 5.91 Å². The second kappa shape index (κ2) is 9.31. The van der Waals surface area contributed by atoms with Crippen LogP contribution in [0.4, 0.5) is 5.69 Å². The van der Waals surface area contributed by atoms with E-state index in [-0.39, 0.29) is 18.2 Å². The number of H-pyrrole nitrogens is 1. The largest absolute Gasteiger partial charge is 0.486 e. The summed E-state index contributed by atoms with van der Waals surface area (Å²) < 4.78 is 11.2. The number of carbonyl (C=O) groups excluding carboxylic acids is 2. The predicted molar refractivity (Wildman–Crippen MR) is 130 cm³/mol. The summed E-state index contributed by atoms with van der Waals surface area (Å²) in [6, 6.07) is 21.6. The number of nitrogens with one attached hydrogen (secondary N) is 2. The summed E-state index contributed by atoms with van der Waals surface area (Å²) in [4.78, 5) is 31.5. The van der Waals surface area contributed by atoms with Crippen molar-refractivity contribution in [2.24, 2.45) is 0 Å². The highest BCUT2D eigenvalue weighted by atomic mass is 16.6. The first-order chi connectivity index (χ1) is 16.6. The molecule has 0 radical (unpaired) electrons. The van der Waals surface area contributed by atoms with Crippen LogP contribution in [0.15, 0.2) is 79.0 Å². The van der Waals surface area contributed by atoms with E-state index in [1.54, 1.807) is 25.2 Å². The van der Waals surface area contributed by atoms with Crippen LogP contribution in [0.5, 0.6) is 11.5 Å². The maximum Gasteiger partial charge on any atom is 0.251 e. The van der Waals surface area contributed by atoms with Gasteiger partial charge in [-0.05, 0) is 29.3 Å². The monoisotopic (exact) mass is 455 g/mol. The lowest BCUT2D eigenvalue weighted by Crippen LogP contribution is -2.39. The van der Waals surface area contributed by atoms with E-state index >= 15 is 0 Å². The first-order valence-electron chi connectivity index (χ1n) is 11.2. The molecular weight excluding hydrogens is 430 g/mol. The first-order valence-corrected chi connectivity index (χ1v) is 11.2. The van der Waals surface area contributed by atoms with Crippen LogP contribution in [0.2, 0.25) is 0 Å². The van der Waals surface area contributed by atoms with Crippen LogP contribution in [0.25, 0.3) is 10.9 Å². The molecule has 4 aromatic rings. The number of amides is 2. The Hall–Kier alpha value is -4.26. The molecule has 1 unspecified atom stereocenters. The molecule has 0 saturated carbocycles. The molecule has 2 amide bonds. The van der Waals surface area contributed by atoms with Crippen LogP contribution in [0.1, 0.15) is 17.2 Å². The van der Waals surface area contributed by atoms with Crippen molar-refractivity contribution in [1.82, 2.24) is 9.88 Å². The van der Waals surface area contributed by atoms with Gasteiger partial charge in [-0.1, -0.05) is 48.5 Å². The van der Waals surface area contributed by atoms with Crippen LogP contribution in [-0.2, 0) is 16.0 Å². The van der Waals surface area contributed by atoms with E-state index in [9.17, 15) is 9.59 Å². The zero-order chi connectivity index (χ0) is 23.5. The third-order valence-corrected chi connectivity index (χ3v) is 5.97. The highest BCUT2D eigenvalue weighted by Crippen LogP contribution is 2.33. The number of nitrogens with zero attached hydrogens (tertiary/aromatic N) is 1. The zero-order valence-electron chi connectivity index (χ0n) is 18.8. The van der Waals surface area contributed by atoms with Crippen molar-refractivity contribution in [3.63, 3.8) is 0 Å². The highest BCUT2D eigenvalue weighted by Gasteiger charge is 2.29. The molecule has 0 aliphatic carbocycles. The number of benzene rings is 3. The van der Waals surface area contributed by atoms with Gasteiger partial charge in [0.05, 0.1) is 6.42 Å². The Balaban J connectivity index is 1.39. The summed E-state index contributed by atoms with van der Waals surface area (Å²) in [5.41, 5.74) is 3.18. The lowest BCUT2D eigenvalue weighted by molar-refractivity contribution is -0.136. The second-order valence-corrected chi connectivity index (χ2v) is 8.20. The van der Waals surface area contributed by atoms with Gasteiger partial charge in [0.1, 0.15) is 19.3 Å². The summed E-state index contributed by atoms with van der Waals surface area (Å²) >= 11 is 0. The van der Waals surface area contributed by atoms with Gasteiger partial charge in [-0.25, -0.2) is 0 Å². The summed E-state index contributed by atoms with van der Waals surface area (Å²) in [6.45, 7) is 0.959. The molecule has 2 heterocycles. The Morgan fingerprint density at radius 1 is 0.971 bits per heavy atom. The molecule has 5 rings (SSSR count). The number of fused-ring (bicyclic) bond motifs is 2. The van der Waals surface area contributed by atoms with Gasteiger partial charge in [0.2, 0.25) is 5.91 Å². The molecule has 1 aliphatic heterocycles. The number of likely N-dealkylation sites (N-methyl/N-ethyl adjacent to an activating group) is 1. The minimum Gasteiger partial charge on any atom is -0.486 e. The van der Waals surface area contributed by atoms with E-state index in [1.807, 2.05) is 60.8 Å². The Bertz CT molecular complexity index is 1330. The standard InChI is InChI=1S/C27H25N3O4/c1-30(25(31)15-19-17-28-22-10-6-5-9-21(19)22)26(18-7-3-2-4-8-18)27(32)29-20-11-12-23-24(16-20)34-14-13-33-23/h2-12,16-17,26,28H,13-15H2,1H3,(H,29,32). The maximum absolute atomic E-state index is 13.5. The quantitative estimate of drug-likeness (QED) is 0.454. The Kier molecular flexibility index (Phi) is 5.91. The molecule has 1 atom stereocenters. The van der Waals surface area contributed by atoms with E-state index in [0.29, 0.717) is 30.4 Å². The van der Waals surface area contributed by atoms with Gasteiger partial charge in [0.15, 0.2) is 11.5 Å². The van der Waals surface area contributed by atoms with Crippen molar-refractivity contribution in [2.75, 3.05) is 25.6 Å². The van der Waals surface area contributed by atoms with E-state index in [4.69, 9.17) is 9.47 Å². The Morgan fingerprint density at radius 2 is 1.71 bits per heavy atom. The van der Waals surface area contributed by atoms with Crippen LogP contribution >= 0.6 is 0 Å². The third-order valence-electron chi connectivity index (χ3n) is 5.97. The summed E-state index contributed by atoms with van der Waals surface area (Å²) in [7, 11) is 1.66. The Morgan fingerprint density at radius 3 is 2.53 bits per heavy atom. The molecule has 2 N–H and O–H groups in total. The smallest absolute Gasteiger partial charge is 0.251 e. The second-order valence-electron chi connectivity index (χ2n) is 8.20. The predicted octanol–water partition coefficient (Wildman–Crippen LogP) is 4.32. The molecule has 34 heavy (non-hydrogen) atoms. The number of rotatable bonds is 6. The number of aromatic amines is 1. The number of hydrogen-bond acceptors (Lipinski definition) is 4. The van der Waals surface area contributed by atoms with Crippen LogP contribution in [-0.4, -0.2) is 42.0 Å². The lowest BCUT2D eigenvalue weighted by atomic mass is 10.0. The minimum atomic E-state index is -0.799.